The van der Waals surface area contributed by atoms with Crippen LogP contribution in [0.1, 0.15) is 48.8 Å². The minimum Gasteiger partial charge on any atom is -0.264 e. The van der Waals surface area contributed by atoms with E-state index < -0.39 is 0 Å². The van der Waals surface area contributed by atoms with E-state index in [1.807, 2.05) is 48.7 Å². The van der Waals surface area contributed by atoms with Crippen molar-refractivity contribution in [3.05, 3.63) is 181 Å². The lowest BCUT2D eigenvalue weighted by Gasteiger charge is -2.36. The first-order valence-electron chi connectivity index (χ1n) is 19.4. The minimum absolute atomic E-state index is 0.0267. The molecular weight excluding hydrogens is 683 g/mol. The zero-order valence-electron chi connectivity index (χ0n) is 30.9. The Bertz CT molecular complexity index is 2760. The summed E-state index contributed by atoms with van der Waals surface area (Å²) in [5.74, 6) is 1.89. The summed E-state index contributed by atoms with van der Waals surface area (Å²) < 4.78 is 0. The van der Waals surface area contributed by atoms with Gasteiger partial charge in [-0.25, -0.2) is 15.0 Å². The third-order valence-electron chi connectivity index (χ3n) is 11.7. The second kappa shape index (κ2) is 14.0. The van der Waals surface area contributed by atoms with Crippen LogP contribution in [0.4, 0.5) is 0 Å². The van der Waals surface area contributed by atoms with E-state index in [0.717, 1.165) is 57.3 Å². The maximum atomic E-state index is 9.69. The molecule has 0 N–H and O–H groups in total. The highest BCUT2D eigenvalue weighted by Crippen LogP contribution is 2.56. The molecule has 0 saturated heterocycles. The van der Waals surface area contributed by atoms with Gasteiger partial charge in [-0.3, -0.25) is 4.98 Å². The highest BCUT2D eigenvalue weighted by atomic mass is 15.0. The molecule has 10 rings (SSSR count). The van der Waals surface area contributed by atoms with E-state index in [1.165, 1.54) is 52.6 Å². The maximum absolute atomic E-state index is 9.69. The van der Waals surface area contributed by atoms with Gasteiger partial charge in [-0.1, -0.05) is 141 Å². The van der Waals surface area contributed by atoms with Crippen LogP contribution in [0.2, 0.25) is 0 Å². The Labute approximate surface area is 327 Å². The summed E-state index contributed by atoms with van der Waals surface area (Å²) in [4.78, 5) is 19.2. The predicted molar refractivity (Wildman–Crippen MR) is 224 cm³/mol. The Morgan fingerprint density at radius 3 is 1.62 bits per heavy atom. The van der Waals surface area contributed by atoms with Gasteiger partial charge >= 0.3 is 0 Å². The quantitative estimate of drug-likeness (QED) is 0.171. The molecule has 0 atom stereocenters. The molecule has 2 aliphatic carbocycles. The second-order valence-corrected chi connectivity index (χ2v) is 14.9. The second-order valence-electron chi connectivity index (χ2n) is 14.9. The Hall–Kier alpha value is -7.03. The molecule has 0 radical (unpaired) electrons. The highest BCUT2D eigenvalue weighted by Gasteiger charge is 2.43. The molecule has 2 aromatic heterocycles. The Morgan fingerprint density at radius 1 is 0.429 bits per heavy atom. The summed E-state index contributed by atoms with van der Waals surface area (Å²) >= 11 is 0. The van der Waals surface area contributed by atoms with Crippen molar-refractivity contribution in [3.8, 4) is 84.7 Å². The average Bonchev–Trinajstić information content (AvgIpc) is 3.54. The molecular formula is C51H37N5. The standard InChI is InChI=1S/C51H37N5/c52-32-34-14-25-46-45(29-34)44-24-23-42(31-47(44)51(46)26-5-2-6-27-51)41-12-7-11-40(30-41)35-15-19-38(20-16-35)49-54-48(37-9-3-1-4-10-37)55-50(56-49)39-21-17-36(18-22-39)43-13-8-28-53-33-43/h1,3-4,7-25,28-31,33H,2,5-6,26-27H2. The zero-order chi connectivity index (χ0) is 37.5. The van der Waals surface area contributed by atoms with Gasteiger partial charge in [-0.2, -0.15) is 5.26 Å². The highest BCUT2D eigenvalue weighted by molar-refractivity contribution is 5.85. The van der Waals surface area contributed by atoms with Gasteiger partial charge in [0.15, 0.2) is 17.5 Å². The molecule has 0 aliphatic heterocycles. The lowest BCUT2D eigenvalue weighted by molar-refractivity contribution is 0.353. The number of hydrogen-bond donors (Lipinski definition) is 0. The van der Waals surface area contributed by atoms with Crippen LogP contribution in [-0.4, -0.2) is 19.9 Å². The van der Waals surface area contributed by atoms with Gasteiger partial charge in [0.1, 0.15) is 0 Å². The largest absolute Gasteiger partial charge is 0.264 e. The minimum atomic E-state index is 0.0267. The van der Waals surface area contributed by atoms with Gasteiger partial charge in [-0.05, 0) is 98.8 Å². The summed E-state index contributed by atoms with van der Waals surface area (Å²) in [6, 6.07) is 55.4. The van der Waals surface area contributed by atoms with Crippen molar-refractivity contribution in [1.29, 1.82) is 5.26 Å². The maximum Gasteiger partial charge on any atom is 0.164 e. The Balaban J connectivity index is 0.977. The van der Waals surface area contributed by atoms with E-state index in [0.29, 0.717) is 17.5 Å². The number of pyridine rings is 1. The topological polar surface area (TPSA) is 75.3 Å². The van der Waals surface area contributed by atoms with Crippen molar-refractivity contribution in [2.75, 3.05) is 0 Å². The van der Waals surface area contributed by atoms with Crippen molar-refractivity contribution < 1.29 is 0 Å². The fourth-order valence-corrected chi connectivity index (χ4v) is 8.83. The molecule has 0 unspecified atom stereocenters. The van der Waals surface area contributed by atoms with Crippen LogP contribution in [0.15, 0.2) is 164 Å². The van der Waals surface area contributed by atoms with Crippen molar-refractivity contribution in [1.82, 2.24) is 19.9 Å². The first-order chi connectivity index (χ1) is 27.6. The molecule has 266 valence electrons. The summed E-state index contributed by atoms with van der Waals surface area (Å²) in [6.07, 6.45) is 9.71. The molecule has 56 heavy (non-hydrogen) atoms. The summed E-state index contributed by atoms with van der Waals surface area (Å²) in [6.45, 7) is 0. The van der Waals surface area contributed by atoms with Crippen molar-refractivity contribution in [2.45, 2.75) is 37.5 Å². The molecule has 6 aromatic carbocycles. The van der Waals surface area contributed by atoms with Crippen LogP contribution >= 0.6 is 0 Å². The fourth-order valence-electron chi connectivity index (χ4n) is 8.83. The number of nitriles is 1. The van der Waals surface area contributed by atoms with Gasteiger partial charge in [0.2, 0.25) is 0 Å². The lowest BCUT2D eigenvalue weighted by Crippen LogP contribution is -2.28. The summed E-state index contributed by atoms with van der Waals surface area (Å²) in [5.41, 5.74) is 15.7. The van der Waals surface area contributed by atoms with Crippen LogP contribution < -0.4 is 0 Å². The number of hydrogen-bond acceptors (Lipinski definition) is 5. The van der Waals surface area contributed by atoms with Crippen molar-refractivity contribution in [3.63, 3.8) is 0 Å². The Morgan fingerprint density at radius 2 is 0.982 bits per heavy atom. The third kappa shape index (κ3) is 5.97. The molecule has 5 nitrogen and oxygen atoms in total. The van der Waals surface area contributed by atoms with E-state index in [4.69, 9.17) is 15.0 Å². The van der Waals surface area contributed by atoms with E-state index in [9.17, 15) is 5.26 Å². The van der Waals surface area contributed by atoms with Gasteiger partial charge in [-0.15, -0.1) is 0 Å². The van der Waals surface area contributed by atoms with Gasteiger partial charge in [0, 0.05) is 34.5 Å². The number of benzene rings is 6. The van der Waals surface area contributed by atoms with Crippen LogP contribution in [0.3, 0.4) is 0 Å². The molecule has 8 aromatic rings. The lowest BCUT2D eigenvalue weighted by atomic mass is 9.67. The zero-order valence-corrected chi connectivity index (χ0v) is 30.9. The van der Waals surface area contributed by atoms with E-state index in [2.05, 4.69) is 120 Å². The summed E-state index contributed by atoms with van der Waals surface area (Å²) in [5, 5.41) is 9.69. The van der Waals surface area contributed by atoms with Gasteiger partial charge in [0.25, 0.3) is 0 Å². The number of fused-ring (bicyclic) bond motifs is 5. The molecule has 1 spiro atoms. The van der Waals surface area contributed by atoms with Gasteiger partial charge < -0.3 is 0 Å². The molecule has 2 aliphatic rings. The molecule has 1 fully saturated rings. The van der Waals surface area contributed by atoms with Crippen molar-refractivity contribution in [2.24, 2.45) is 0 Å². The average molecular weight is 720 g/mol. The normalized spacial score (nSPS) is 13.8. The molecule has 5 heteroatoms. The van der Waals surface area contributed by atoms with Crippen LogP contribution in [0.25, 0.3) is 78.7 Å². The first kappa shape index (κ1) is 33.5. The van der Waals surface area contributed by atoms with E-state index in [-0.39, 0.29) is 5.41 Å². The van der Waals surface area contributed by atoms with Crippen LogP contribution in [0, 0.1) is 11.3 Å². The van der Waals surface area contributed by atoms with Crippen LogP contribution in [0.5, 0.6) is 0 Å². The molecule has 0 bridgehead atoms. The molecule has 1 saturated carbocycles. The molecule has 0 amide bonds. The predicted octanol–water partition coefficient (Wildman–Crippen LogP) is 12.4. The SMILES string of the molecule is N#Cc1ccc2c(c1)-c1ccc(-c3cccc(-c4ccc(-c5nc(-c6ccccc6)nc(-c6ccc(-c7cccnc7)cc6)n5)cc4)c3)cc1C21CCCCC1. The van der Waals surface area contributed by atoms with Crippen molar-refractivity contribution >= 4 is 0 Å². The monoisotopic (exact) mass is 719 g/mol. The number of rotatable bonds is 6. The van der Waals surface area contributed by atoms with E-state index in [1.54, 1.807) is 6.20 Å². The smallest absolute Gasteiger partial charge is 0.164 e. The third-order valence-corrected chi connectivity index (χ3v) is 11.7. The first-order valence-corrected chi connectivity index (χ1v) is 19.4. The van der Waals surface area contributed by atoms with Gasteiger partial charge in [0.05, 0.1) is 11.6 Å². The fraction of sp³-hybridized carbons (Fsp3) is 0.118. The van der Waals surface area contributed by atoms with Crippen LogP contribution in [-0.2, 0) is 5.41 Å². The summed E-state index contributed by atoms with van der Waals surface area (Å²) in [7, 11) is 0. The number of aromatic nitrogens is 4. The number of nitrogens with zero attached hydrogens (tertiary/aromatic N) is 5. The van der Waals surface area contributed by atoms with E-state index >= 15 is 0 Å². The molecule has 2 heterocycles. The Kier molecular flexibility index (Phi) is 8.38.